The van der Waals surface area contributed by atoms with Gasteiger partial charge in [-0.1, -0.05) is 59.6 Å². The number of nitrogens with zero attached hydrogens (tertiary/aromatic N) is 7. The van der Waals surface area contributed by atoms with Crippen LogP contribution < -0.4 is 22.1 Å². The minimum atomic E-state index is -4.84. The van der Waals surface area contributed by atoms with Crippen LogP contribution in [0.15, 0.2) is 72.8 Å². The third kappa shape index (κ3) is 17.2. The number of fused-ring (bicyclic) bond motifs is 2. The molecule has 4 aromatic rings. The van der Waals surface area contributed by atoms with Gasteiger partial charge < -0.3 is 65.7 Å². The first-order chi connectivity index (χ1) is 44.2. The number of urea groups is 2. The summed E-state index contributed by atoms with van der Waals surface area (Å²) in [4.78, 5) is 105. The number of esters is 1. The van der Waals surface area contributed by atoms with E-state index in [0.29, 0.717) is 71.2 Å². The number of anilines is 4. The molecule has 0 aromatic heterocycles. The maximum atomic E-state index is 14.5. The van der Waals surface area contributed by atoms with Crippen molar-refractivity contribution in [1.82, 2.24) is 34.3 Å². The van der Waals surface area contributed by atoms with Crippen LogP contribution in [0.25, 0.3) is 0 Å². The number of ketones is 1. The van der Waals surface area contributed by atoms with Crippen molar-refractivity contribution < 1.29 is 74.1 Å². The fraction of sp³-hybridized carbons (Fsp3) is 0.516. The minimum absolute atomic E-state index is 0.0257. The number of para-hydroxylation sites is 2. The Labute approximate surface area is 544 Å². The zero-order valence-corrected chi connectivity index (χ0v) is 53.4. The standard InChI is InChI=1S/C38H49ClF3N7O6.C26H28ClF3N4O4/c1-3-54-35(51)31-23-47(26-9-13-45(2)14-10-26)18-19-49(31)34(50)32(22-24-20-28(38(40,41)42)33(43)29(39)21-24)55-37(53)46-15-11-27(12-16-46)48-17-8-25-6-4-5-7-30(25)44-36(48)52;1-15(35)22(14-16-12-19(26(28,29)30)23(31)20(27)13-16)38-25(37)33-9-7-18(8-10-33)34-11-6-17-4-2-3-5-21(17)32-24(34)36/h4-7,20-21,26-27,31-32H,3,8-19,22-23,43H2,1-2H3,(H,44,52);2-5,12-13,18,22H,6-11,14,31H2,1H3,(H,32,36)/t31-,32+;22-/m01/s1. The molecule has 10 rings (SSSR count). The number of amides is 7. The molecular weight excluding hydrogens is 1270 g/mol. The number of hydrogen-bond donors (Lipinski definition) is 4. The number of hydrogen-bond acceptors (Lipinski definition) is 14. The average Bonchev–Trinajstić information content (AvgIpc) is 1.67. The topological polar surface area (TPSA) is 246 Å². The monoisotopic (exact) mass is 1340 g/mol. The number of benzene rings is 4. The number of halogens is 8. The fourth-order valence-electron chi connectivity index (χ4n) is 12.9. The molecule has 0 radical (unpaired) electrons. The first-order valence-corrected chi connectivity index (χ1v) is 31.8. The number of likely N-dealkylation sites (tertiary alicyclic amines) is 3. The molecule has 3 atom stereocenters. The number of carbonyl (C=O) groups excluding carboxylic acids is 7. The van der Waals surface area contributed by atoms with Gasteiger partial charge in [0.1, 0.15) is 6.04 Å². The van der Waals surface area contributed by atoms with E-state index in [0.717, 1.165) is 60.6 Å². The lowest BCUT2D eigenvalue weighted by Gasteiger charge is -2.45. The van der Waals surface area contributed by atoms with Gasteiger partial charge in [-0.05, 0) is 144 Å². The van der Waals surface area contributed by atoms with Crippen LogP contribution in [-0.4, -0.2) is 198 Å². The Kier molecular flexibility index (Phi) is 22.5. The molecule has 21 nitrogen and oxygen atoms in total. The lowest BCUT2D eigenvalue weighted by Crippen LogP contribution is -2.63. The number of piperidine rings is 3. The quantitative estimate of drug-likeness (QED) is 0.0421. The first-order valence-electron chi connectivity index (χ1n) is 31.1. The van der Waals surface area contributed by atoms with E-state index in [2.05, 4.69) is 27.5 Å². The maximum Gasteiger partial charge on any atom is 0.418 e. The second-order valence-electron chi connectivity index (χ2n) is 24.2. The second-order valence-corrected chi connectivity index (χ2v) is 25.0. The SMILES string of the molecule is CC(=O)[C@@H](Cc1cc(Cl)c(N)c(C(F)(F)F)c1)OC(=O)N1CCC(N2CCc3ccccc3NC2=O)CC1.CCOC(=O)[C@@H]1CN(C2CCN(C)CC2)CCN1C(=O)[C@@H](Cc1cc(Cl)c(N)c(C(F)(F)F)c1)OC(=O)N1CCC(N2CCc3ccccc3NC2=O)CC1. The Hall–Kier alpha value is -7.75. The first kappa shape index (κ1) is 69.6. The molecule has 4 saturated heterocycles. The Morgan fingerprint density at radius 3 is 1.47 bits per heavy atom. The fourth-order valence-corrected chi connectivity index (χ4v) is 13.4. The molecule has 0 aliphatic carbocycles. The molecular formula is C64H77Cl2F6N11O10. The number of rotatable bonds is 13. The number of alkyl halides is 6. The van der Waals surface area contributed by atoms with Crippen LogP contribution in [0.5, 0.6) is 0 Å². The van der Waals surface area contributed by atoms with Crippen molar-refractivity contribution in [3.05, 3.63) is 116 Å². The van der Waals surface area contributed by atoms with Gasteiger partial charge in [-0.15, -0.1) is 0 Å². The van der Waals surface area contributed by atoms with E-state index in [-0.39, 0.29) is 90.6 Å². The van der Waals surface area contributed by atoms with Gasteiger partial charge in [0.25, 0.3) is 5.91 Å². The van der Waals surface area contributed by atoms with Crippen LogP contribution in [0.3, 0.4) is 0 Å². The molecule has 6 N–H and O–H groups in total. The van der Waals surface area contributed by atoms with Crippen LogP contribution >= 0.6 is 23.2 Å². The summed E-state index contributed by atoms with van der Waals surface area (Å²) in [5, 5.41) is 5.26. The maximum absolute atomic E-state index is 14.5. The van der Waals surface area contributed by atoms with E-state index in [9.17, 15) is 59.9 Å². The number of nitrogen functional groups attached to an aromatic ring is 2. The summed E-state index contributed by atoms with van der Waals surface area (Å²) in [7, 11) is 2.05. The van der Waals surface area contributed by atoms with Gasteiger partial charge in [0, 0.05) is 101 Å². The molecule has 0 spiro atoms. The molecule has 29 heteroatoms. The Morgan fingerprint density at radius 2 is 1.03 bits per heavy atom. The molecule has 0 bridgehead atoms. The van der Waals surface area contributed by atoms with Crippen molar-refractivity contribution in [3.8, 4) is 0 Å². The van der Waals surface area contributed by atoms with Gasteiger partial charge in [0.15, 0.2) is 18.0 Å². The van der Waals surface area contributed by atoms with Gasteiger partial charge in [0.05, 0.1) is 39.2 Å². The van der Waals surface area contributed by atoms with Crippen molar-refractivity contribution in [1.29, 1.82) is 0 Å². The van der Waals surface area contributed by atoms with Crippen molar-refractivity contribution in [2.45, 2.75) is 127 Å². The lowest BCUT2D eigenvalue weighted by molar-refractivity contribution is -0.162. The summed E-state index contributed by atoms with van der Waals surface area (Å²) in [6.45, 7) is 7.59. The Bertz CT molecular complexity index is 3400. The summed E-state index contributed by atoms with van der Waals surface area (Å²) in [6, 6.07) is 17.9. The van der Waals surface area contributed by atoms with Crippen LogP contribution in [0.1, 0.15) is 85.8 Å². The number of piperazine rings is 1. The average molecular weight is 1350 g/mol. The highest BCUT2D eigenvalue weighted by Gasteiger charge is 2.44. The summed E-state index contributed by atoms with van der Waals surface area (Å²) in [6.07, 6.45) is -9.67. The summed E-state index contributed by atoms with van der Waals surface area (Å²) in [5.41, 5.74) is 11.3. The molecule has 7 amide bonds. The largest absolute Gasteiger partial charge is 0.464 e. The summed E-state index contributed by atoms with van der Waals surface area (Å²) >= 11 is 12.0. The van der Waals surface area contributed by atoms with Crippen LogP contribution in [-0.2, 0) is 66.6 Å². The molecule has 4 fully saturated rings. The molecule has 6 aliphatic rings. The molecule has 0 saturated carbocycles. The predicted octanol–water partition coefficient (Wildman–Crippen LogP) is 9.85. The minimum Gasteiger partial charge on any atom is -0.464 e. The summed E-state index contributed by atoms with van der Waals surface area (Å²) < 4.78 is 98.5. The number of ether oxygens (including phenoxy) is 3. The molecule has 93 heavy (non-hydrogen) atoms. The van der Waals surface area contributed by atoms with Crippen molar-refractivity contribution in [3.63, 3.8) is 0 Å². The Balaban J connectivity index is 0.000000235. The smallest absolute Gasteiger partial charge is 0.418 e. The molecule has 0 unspecified atom stereocenters. The third-order valence-electron chi connectivity index (χ3n) is 18.1. The zero-order valence-electron chi connectivity index (χ0n) is 51.8. The second kappa shape index (κ2) is 30.1. The molecule has 6 heterocycles. The molecule has 6 aliphatic heterocycles. The van der Waals surface area contributed by atoms with Crippen molar-refractivity contribution in [2.24, 2.45) is 0 Å². The van der Waals surface area contributed by atoms with Gasteiger partial charge in [-0.25, -0.2) is 24.0 Å². The number of Topliss-reactive ketones (excluding diaryl/α,β-unsaturated/α-hetero) is 1. The van der Waals surface area contributed by atoms with E-state index in [1.165, 1.54) is 33.8 Å². The number of nitrogens with two attached hydrogens (primary N) is 2. The van der Waals surface area contributed by atoms with Gasteiger partial charge in [-0.3, -0.25) is 14.5 Å². The highest BCUT2D eigenvalue weighted by molar-refractivity contribution is 6.33. The van der Waals surface area contributed by atoms with Crippen molar-refractivity contribution >= 4 is 87.9 Å². The molecule has 504 valence electrons. The lowest BCUT2D eigenvalue weighted by atomic mass is 9.99. The number of nitrogens with one attached hydrogen (secondary N) is 2. The van der Waals surface area contributed by atoms with Crippen molar-refractivity contribution in [2.75, 3.05) is 108 Å². The zero-order chi connectivity index (χ0) is 67.1. The molecule has 4 aromatic carbocycles. The predicted molar refractivity (Wildman–Crippen MR) is 336 cm³/mol. The van der Waals surface area contributed by atoms with E-state index in [4.69, 9.17) is 48.9 Å². The van der Waals surface area contributed by atoms with E-state index >= 15 is 0 Å². The normalized spacial score (nSPS) is 19.7. The van der Waals surface area contributed by atoms with Crippen LogP contribution in [0.4, 0.5) is 68.3 Å². The third-order valence-corrected chi connectivity index (χ3v) is 18.7. The van der Waals surface area contributed by atoms with E-state index in [1.807, 2.05) is 48.5 Å². The summed E-state index contributed by atoms with van der Waals surface area (Å²) in [5.74, 6) is -1.86. The van der Waals surface area contributed by atoms with Crippen LogP contribution in [0.2, 0.25) is 10.0 Å². The van der Waals surface area contributed by atoms with Gasteiger partial charge >= 0.3 is 42.6 Å². The Morgan fingerprint density at radius 1 is 0.602 bits per heavy atom. The van der Waals surface area contributed by atoms with E-state index in [1.54, 1.807) is 16.7 Å². The van der Waals surface area contributed by atoms with E-state index < -0.39 is 89.4 Å². The van der Waals surface area contributed by atoms with Gasteiger partial charge in [0.2, 0.25) is 0 Å². The van der Waals surface area contributed by atoms with Crippen LogP contribution in [0, 0.1) is 0 Å². The highest BCUT2D eigenvalue weighted by atomic mass is 35.5. The highest BCUT2D eigenvalue weighted by Crippen LogP contribution is 2.40. The number of carbonyl (C=O) groups is 7. The van der Waals surface area contributed by atoms with Gasteiger partial charge in [-0.2, -0.15) is 26.3 Å².